The van der Waals surface area contributed by atoms with E-state index in [2.05, 4.69) is 20.1 Å². The number of esters is 2. The number of rotatable bonds is 11. The maximum absolute atomic E-state index is 12.8. The van der Waals surface area contributed by atoms with Gasteiger partial charge in [-0.25, -0.2) is 9.59 Å². The van der Waals surface area contributed by atoms with Gasteiger partial charge in [0, 0.05) is 5.92 Å². The van der Waals surface area contributed by atoms with Gasteiger partial charge in [-0.05, 0) is 11.5 Å². The Morgan fingerprint density at radius 1 is 0.879 bits per heavy atom. The van der Waals surface area contributed by atoms with Gasteiger partial charge >= 0.3 is 24.0 Å². The van der Waals surface area contributed by atoms with E-state index in [9.17, 15) is 29.1 Å². The normalized spacial score (nSPS) is 13.4. The Labute approximate surface area is 191 Å². The van der Waals surface area contributed by atoms with Crippen LogP contribution in [0.3, 0.4) is 0 Å². The van der Waals surface area contributed by atoms with Crippen molar-refractivity contribution in [3.63, 3.8) is 0 Å². The first-order valence-corrected chi connectivity index (χ1v) is 10.2. The van der Waals surface area contributed by atoms with E-state index in [4.69, 9.17) is 4.74 Å². The third kappa shape index (κ3) is 8.09. The first-order valence-electron chi connectivity index (χ1n) is 10.2. The lowest BCUT2D eigenvalue weighted by Gasteiger charge is -2.28. The Kier molecular flexibility index (Phi) is 10.8. The van der Waals surface area contributed by atoms with Gasteiger partial charge < -0.3 is 30.0 Å². The molecule has 0 bridgehead atoms. The standard InChI is InChI=1S/C22H30N2O9/c1-12(2)16(24-22(30)33-11-14-9-7-6-8-10-14)18(25)23-17(19(26)27)13(3)15(20(28)31-4)21(29)32-5/h6-10,12-13,15-17H,11H2,1-5H3,(H,23,25)(H,24,30)(H,26,27)/t13-,16+,17-/m1/s1. The Balaban J connectivity index is 2.93. The number of alkyl carbamates (subject to hydrolysis) is 1. The predicted molar refractivity (Wildman–Crippen MR) is 115 cm³/mol. The molecular formula is C22H30N2O9. The molecule has 0 aliphatic carbocycles. The van der Waals surface area contributed by atoms with Gasteiger partial charge in [0.15, 0.2) is 5.92 Å². The highest BCUT2D eigenvalue weighted by Crippen LogP contribution is 2.20. The van der Waals surface area contributed by atoms with E-state index in [1.54, 1.807) is 38.1 Å². The van der Waals surface area contributed by atoms with Gasteiger partial charge in [0.25, 0.3) is 0 Å². The minimum Gasteiger partial charge on any atom is -0.480 e. The zero-order valence-electron chi connectivity index (χ0n) is 19.2. The summed E-state index contributed by atoms with van der Waals surface area (Å²) in [6, 6.07) is 6.11. The molecule has 11 heteroatoms. The molecule has 3 N–H and O–H groups in total. The molecule has 0 radical (unpaired) electrons. The van der Waals surface area contributed by atoms with E-state index in [1.165, 1.54) is 6.92 Å². The maximum Gasteiger partial charge on any atom is 0.408 e. The molecule has 1 aromatic carbocycles. The van der Waals surface area contributed by atoms with Gasteiger partial charge in [0.2, 0.25) is 5.91 Å². The molecule has 0 aliphatic rings. The van der Waals surface area contributed by atoms with Gasteiger partial charge in [-0.15, -0.1) is 0 Å². The van der Waals surface area contributed by atoms with Crippen LogP contribution in [0.15, 0.2) is 30.3 Å². The van der Waals surface area contributed by atoms with E-state index in [0.717, 1.165) is 19.8 Å². The van der Waals surface area contributed by atoms with Crippen LogP contribution in [0.2, 0.25) is 0 Å². The lowest BCUT2D eigenvalue weighted by Crippen LogP contribution is -2.57. The van der Waals surface area contributed by atoms with Crippen LogP contribution in [0.4, 0.5) is 4.79 Å². The van der Waals surface area contributed by atoms with Crippen molar-refractivity contribution in [1.82, 2.24) is 10.6 Å². The second-order valence-electron chi connectivity index (χ2n) is 7.64. The zero-order valence-corrected chi connectivity index (χ0v) is 19.2. The van der Waals surface area contributed by atoms with Crippen molar-refractivity contribution >= 4 is 29.9 Å². The van der Waals surface area contributed by atoms with Crippen molar-refractivity contribution in [1.29, 1.82) is 0 Å². The summed E-state index contributed by atoms with van der Waals surface area (Å²) in [7, 11) is 2.08. The molecule has 0 saturated heterocycles. The SMILES string of the molecule is COC(=O)C(C(=O)OC)[C@@H](C)[C@@H](NC(=O)[C@@H](NC(=O)OCc1ccccc1)C(C)C)C(=O)O. The fraction of sp³-hybridized carbons (Fsp3) is 0.500. The quantitative estimate of drug-likeness (QED) is 0.247. The number of hydrogen-bond acceptors (Lipinski definition) is 8. The lowest BCUT2D eigenvalue weighted by molar-refractivity contribution is -0.163. The predicted octanol–water partition coefficient (Wildman–Crippen LogP) is 1.11. The number of carboxylic acids is 1. The van der Waals surface area contributed by atoms with Crippen LogP contribution in [0.25, 0.3) is 0 Å². The maximum atomic E-state index is 12.8. The summed E-state index contributed by atoms with van der Waals surface area (Å²) in [6.07, 6.45) is -0.866. The summed E-state index contributed by atoms with van der Waals surface area (Å²) in [5.41, 5.74) is 0.745. The Morgan fingerprint density at radius 3 is 1.88 bits per heavy atom. The molecule has 1 rings (SSSR count). The van der Waals surface area contributed by atoms with Crippen molar-refractivity contribution in [2.45, 2.75) is 39.5 Å². The number of carbonyl (C=O) groups is 5. The highest BCUT2D eigenvalue weighted by atomic mass is 16.6. The third-order valence-electron chi connectivity index (χ3n) is 4.96. The first kappa shape index (κ1) is 27.4. The van der Waals surface area contributed by atoms with Crippen LogP contribution in [-0.4, -0.2) is 61.3 Å². The van der Waals surface area contributed by atoms with Crippen LogP contribution in [0.5, 0.6) is 0 Å². The van der Waals surface area contributed by atoms with E-state index < -0.39 is 59.7 Å². The van der Waals surface area contributed by atoms with Gasteiger partial charge in [-0.1, -0.05) is 51.1 Å². The zero-order chi connectivity index (χ0) is 25.1. The Bertz CT molecular complexity index is 826. The van der Waals surface area contributed by atoms with Crippen molar-refractivity contribution in [2.24, 2.45) is 17.8 Å². The minimum atomic E-state index is -1.65. The van der Waals surface area contributed by atoms with Gasteiger partial charge in [-0.2, -0.15) is 0 Å². The van der Waals surface area contributed by atoms with Crippen LogP contribution in [-0.2, 0) is 40.0 Å². The number of benzene rings is 1. The van der Waals surface area contributed by atoms with Crippen LogP contribution >= 0.6 is 0 Å². The largest absolute Gasteiger partial charge is 0.480 e. The van der Waals surface area contributed by atoms with Crippen LogP contribution in [0.1, 0.15) is 26.3 Å². The number of aliphatic carboxylic acids is 1. The van der Waals surface area contributed by atoms with Gasteiger partial charge in [-0.3, -0.25) is 14.4 Å². The molecule has 0 spiro atoms. The number of nitrogens with one attached hydrogen (secondary N) is 2. The van der Waals surface area contributed by atoms with Gasteiger partial charge in [0.05, 0.1) is 14.2 Å². The highest BCUT2D eigenvalue weighted by Gasteiger charge is 2.42. The second-order valence-corrected chi connectivity index (χ2v) is 7.64. The average Bonchev–Trinajstić information content (AvgIpc) is 2.79. The monoisotopic (exact) mass is 466 g/mol. The number of amides is 2. The first-order chi connectivity index (χ1) is 15.5. The molecular weight excluding hydrogens is 436 g/mol. The smallest absolute Gasteiger partial charge is 0.408 e. The Morgan fingerprint density at radius 2 is 1.42 bits per heavy atom. The molecule has 0 aliphatic heterocycles. The molecule has 0 fully saturated rings. The summed E-state index contributed by atoms with van der Waals surface area (Å²) in [5, 5.41) is 14.3. The molecule has 0 aromatic heterocycles. The average molecular weight is 466 g/mol. The van der Waals surface area contributed by atoms with E-state index in [-0.39, 0.29) is 6.61 Å². The molecule has 33 heavy (non-hydrogen) atoms. The molecule has 11 nitrogen and oxygen atoms in total. The number of methoxy groups -OCH3 is 2. The fourth-order valence-electron chi connectivity index (χ4n) is 3.06. The lowest BCUT2D eigenvalue weighted by atomic mass is 9.87. The van der Waals surface area contributed by atoms with E-state index in [1.807, 2.05) is 6.07 Å². The molecule has 0 unspecified atom stereocenters. The molecule has 3 atom stereocenters. The summed E-state index contributed by atoms with van der Waals surface area (Å²) in [5.74, 6) is -7.55. The molecule has 182 valence electrons. The van der Waals surface area contributed by atoms with Crippen LogP contribution in [0, 0.1) is 17.8 Å². The van der Waals surface area contributed by atoms with E-state index in [0.29, 0.717) is 0 Å². The number of carboxylic acid groups (broad SMARTS) is 1. The Hall–Kier alpha value is -3.63. The summed E-state index contributed by atoms with van der Waals surface area (Å²) in [4.78, 5) is 61.0. The molecule has 0 heterocycles. The molecule has 2 amide bonds. The second kappa shape index (κ2) is 13.0. The van der Waals surface area contributed by atoms with E-state index >= 15 is 0 Å². The van der Waals surface area contributed by atoms with Crippen molar-refractivity contribution in [2.75, 3.05) is 14.2 Å². The number of hydrogen-bond donors (Lipinski definition) is 3. The molecule has 0 saturated carbocycles. The van der Waals surface area contributed by atoms with Gasteiger partial charge in [0.1, 0.15) is 18.7 Å². The van der Waals surface area contributed by atoms with Crippen LogP contribution < -0.4 is 10.6 Å². The summed E-state index contributed by atoms with van der Waals surface area (Å²) >= 11 is 0. The molecule has 1 aromatic rings. The minimum absolute atomic E-state index is 0.0200. The summed E-state index contributed by atoms with van der Waals surface area (Å²) in [6.45, 7) is 4.57. The highest BCUT2D eigenvalue weighted by molar-refractivity contribution is 5.96. The van der Waals surface area contributed by atoms with Crippen molar-refractivity contribution in [3.05, 3.63) is 35.9 Å². The van der Waals surface area contributed by atoms with Crippen molar-refractivity contribution < 1.29 is 43.3 Å². The third-order valence-corrected chi connectivity index (χ3v) is 4.96. The van der Waals surface area contributed by atoms with Crippen molar-refractivity contribution in [3.8, 4) is 0 Å². The number of ether oxygens (including phenoxy) is 3. The fourth-order valence-corrected chi connectivity index (χ4v) is 3.06. The topological polar surface area (TPSA) is 157 Å². The number of carbonyl (C=O) groups excluding carboxylic acids is 4. The summed E-state index contributed by atoms with van der Waals surface area (Å²) < 4.78 is 14.3.